The summed E-state index contributed by atoms with van der Waals surface area (Å²) >= 11 is 0. The Morgan fingerprint density at radius 2 is 1.00 bits per heavy atom. The number of non-ortho nitro benzene ring substituents is 2. The highest BCUT2D eigenvalue weighted by Crippen LogP contribution is 2.24. The average Bonchev–Trinajstić information content (AvgIpc) is 2.85. The van der Waals surface area contributed by atoms with Crippen molar-refractivity contribution in [1.29, 1.82) is 0 Å². The van der Waals surface area contributed by atoms with Gasteiger partial charge >= 0.3 is 0 Å². The molecule has 2 N–H and O–H groups in total. The number of anilines is 2. The van der Waals surface area contributed by atoms with E-state index in [1.165, 1.54) is 62.4 Å². The van der Waals surface area contributed by atoms with Crippen molar-refractivity contribution in [3.05, 3.63) is 93.0 Å². The fourth-order valence-electron chi connectivity index (χ4n) is 2.98. The Labute approximate surface area is 205 Å². The summed E-state index contributed by atoms with van der Waals surface area (Å²) in [5, 5.41) is 26.9. The van der Waals surface area contributed by atoms with E-state index in [2.05, 4.69) is 10.6 Å². The van der Waals surface area contributed by atoms with E-state index in [1.807, 2.05) is 0 Å². The predicted molar refractivity (Wildman–Crippen MR) is 130 cm³/mol. The molecule has 186 valence electrons. The molecule has 0 aliphatic carbocycles. The molecule has 12 heteroatoms. The van der Waals surface area contributed by atoms with Gasteiger partial charge in [-0.2, -0.15) is 0 Å². The summed E-state index contributed by atoms with van der Waals surface area (Å²) in [5.74, 6) is -0.459. The van der Waals surface area contributed by atoms with Crippen LogP contribution in [0.25, 0.3) is 0 Å². The molecule has 12 nitrogen and oxygen atoms in total. The molecule has 0 aliphatic heterocycles. The van der Waals surface area contributed by atoms with E-state index >= 15 is 0 Å². The van der Waals surface area contributed by atoms with Crippen LogP contribution in [0.2, 0.25) is 0 Å². The van der Waals surface area contributed by atoms with Gasteiger partial charge in [0.05, 0.1) is 21.2 Å². The maximum Gasteiger partial charge on any atom is 0.269 e. The van der Waals surface area contributed by atoms with Crippen molar-refractivity contribution in [2.75, 3.05) is 10.6 Å². The highest BCUT2D eigenvalue weighted by Gasteiger charge is 2.20. The molecular formula is C24H22N4O8. The highest BCUT2D eigenvalue weighted by atomic mass is 16.6. The summed E-state index contributed by atoms with van der Waals surface area (Å²) in [6.45, 7) is 3.02. The van der Waals surface area contributed by atoms with Crippen molar-refractivity contribution in [1.82, 2.24) is 0 Å². The molecule has 2 unspecified atom stereocenters. The van der Waals surface area contributed by atoms with Gasteiger partial charge in [0.25, 0.3) is 23.2 Å². The predicted octanol–water partition coefficient (Wildman–Crippen LogP) is 4.32. The number of amides is 2. The van der Waals surface area contributed by atoms with Gasteiger partial charge in [-0.05, 0) is 50.2 Å². The van der Waals surface area contributed by atoms with Gasteiger partial charge in [0.2, 0.25) is 0 Å². The maximum absolute atomic E-state index is 12.7. The first kappa shape index (κ1) is 25.6. The molecule has 3 aromatic rings. The molecule has 0 bridgehead atoms. The lowest BCUT2D eigenvalue weighted by Gasteiger charge is -2.18. The van der Waals surface area contributed by atoms with Gasteiger partial charge in [0.15, 0.2) is 12.2 Å². The lowest BCUT2D eigenvalue weighted by atomic mass is 10.2. The van der Waals surface area contributed by atoms with Crippen molar-refractivity contribution in [2.24, 2.45) is 0 Å². The van der Waals surface area contributed by atoms with E-state index in [4.69, 9.17) is 9.47 Å². The molecule has 0 heterocycles. The van der Waals surface area contributed by atoms with Crippen LogP contribution < -0.4 is 20.1 Å². The van der Waals surface area contributed by atoms with Gasteiger partial charge in [0, 0.05) is 24.3 Å². The molecule has 0 radical (unpaired) electrons. The number of hydrogen-bond donors (Lipinski definition) is 2. The average molecular weight is 494 g/mol. The summed E-state index contributed by atoms with van der Waals surface area (Å²) < 4.78 is 11.1. The SMILES string of the molecule is CC(Oc1ccc([N+](=O)[O-])cc1)C(=O)Nc1ccccc1NC(=O)C(C)Oc1ccc([N+](=O)[O-])cc1. The molecular weight excluding hydrogens is 472 g/mol. The van der Waals surface area contributed by atoms with E-state index in [1.54, 1.807) is 24.3 Å². The quantitative estimate of drug-likeness (QED) is 0.311. The first-order valence-corrected chi connectivity index (χ1v) is 10.7. The van der Waals surface area contributed by atoms with Crippen LogP contribution >= 0.6 is 0 Å². The molecule has 0 aliphatic rings. The number of nitrogens with one attached hydrogen (secondary N) is 2. The van der Waals surface area contributed by atoms with Crippen LogP contribution in [-0.4, -0.2) is 33.9 Å². The summed E-state index contributed by atoms with van der Waals surface area (Å²) in [7, 11) is 0. The molecule has 0 saturated heterocycles. The smallest absolute Gasteiger partial charge is 0.269 e. The van der Waals surface area contributed by atoms with Crippen LogP contribution in [0.5, 0.6) is 11.5 Å². The van der Waals surface area contributed by atoms with Crippen LogP contribution in [-0.2, 0) is 9.59 Å². The zero-order chi connectivity index (χ0) is 26.2. The van der Waals surface area contributed by atoms with Crippen LogP contribution in [0.4, 0.5) is 22.7 Å². The van der Waals surface area contributed by atoms with Crippen molar-refractivity contribution in [2.45, 2.75) is 26.1 Å². The summed E-state index contributed by atoms with van der Waals surface area (Å²) in [5.41, 5.74) is 0.432. The summed E-state index contributed by atoms with van der Waals surface area (Å²) in [6.07, 6.45) is -1.89. The van der Waals surface area contributed by atoms with Crippen LogP contribution in [0.15, 0.2) is 72.8 Å². The normalized spacial score (nSPS) is 12.1. The third-order valence-electron chi connectivity index (χ3n) is 4.90. The van der Waals surface area contributed by atoms with Gasteiger partial charge in [-0.1, -0.05) is 12.1 Å². The fraction of sp³-hybridized carbons (Fsp3) is 0.167. The summed E-state index contributed by atoms with van der Waals surface area (Å²) in [6, 6.07) is 17.2. The molecule has 0 fully saturated rings. The summed E-state index contributed by atoms with van der Waals surface area (Å²) in [4.78, 5) is 45.7. The van der Waals surface area contributed by atoms with Crippen molar-refractivity contribution < 1.29 is 28.9 Å². The van der Waals surface area contributed by atoms with Crippen LogP contribution in [0.1, 0.15) is 13.8 Å². The zero-order valence-corrected chi connectivity index (χ0v) is 19.2. The second-order valence-corrected chi connectivity index (χ2v) is 7.55. The Balaban J connectivity index is 1.60. The minimum absolute atomic E-state index is 0.101. The van der Waals surface area contributed by atoms with Crippen LogP contribution in [0, 0.1) is 20.2 Å². The van der Waals surface area contributed by atoms with E-state index in [-0.39, 0.29) is 22.9 Å². The third kappa shape index (κ3) is 6.76. The number of carbonyl (C=O) groups is 2. The number of hydrogen-bond acceptors (Lipinski definition) is 8. The standard InChI is InChI=1S/C24H22N4O8/c1-15(35-19-11-7-17(8-12-19)27(31)32)23(29)25-21-5-3-4-6-22(21)26-24(30)16(2)36-20-13-9-18(10-14-20)28(33)34/h3-16H,1-2H3,(H,25,29)(H,26,30). The minimum Gasteiger partial charge on any atom is -0.481 e. The van der Waals surface area contributed by atoms with E-state index in [0.29, 0.717) is 11.4 Å². The number of benzene rings is 3. The van der Waals surface area contributed by atoms with Crippen LogP contribution in [0.3, 0.4) is 0 Å². The monoisotopic (exact) mass is 494 g/mol. The molecule has 0 spiro atoms. The molecule has 3 rings (SSSR count). The minimum atomic E-state index is -0.945. The first-order valence-electron chi connectivity index (χ1n) is 10.7. The molecule has 2 atom stereocenters. The van der Waals surface area contributed by atoms with E-state index in [0.717, 1.165) is 0 Å². The number of carbonyl (C=O) groups excluding carboxylic acids is 2. The number of nitro benzene ring substituents is 2. The van der Waals surface area contributed by atoms with Crippen molar-refractivity contribution in [3.63, 3.8) is 0 Å². The van der Waals surface area contributed by atoms with Crippen molar-refractivity contribution >= 4 is 34.6 Å². The molecule has 3 aromatic carbocycles. The third-order valence-corrected chi connectivity index (χ3v) is 4.90. The fourth-order valence-corrected chi connectivity index (χ4v) is 2.98. The lowest BCUT2D eigenvalue weighted by molar-refractivity contribution is -0.385. The second kappa shape index (κ2) is 11.4. The Kier molecular flexibility index (Phi) is 8.13. The maximum atomic E-state index is 12.7. The highest BCUT2D eigenvalue weighted by molar-refractivity contribution is 6.02. The van der Waals surface area contributed by atoms with Gasteiger partial charge in [-0.15, -0.1) is 0 Å². The lowest BCUT2D eigenvalue weighted by Crippen LogP contribution is -2.32. The van der Waals surface area contributed by atoms with E-state index < -0.39 is 33.9 Å². The molecule has 0 aromatic heterocycles. The molecule has 36 heavy (non-hydrogen) atoms. The van der Waals surface area contributed by atoms with Crippen molar-refractivity contribution in [3.8, 4) is 11.5 Å². The number of nitro groups is 2. The Bertz CT molecular complexity index is 1160. The zero-order valence-electron chi connectivity index (χ0n) is 19.2. The van der Waals surface area contributed by atoms with Gasteiger partial charge < -0.3 is 20.1 Å². The first-order chi connectivity index (χ1) is 17.1. The Hall–Kier alpha value is -5.00. The topological polar surface area (TPSA) is 163 Å². The molecule has 0 saturated carbocycles. The Morgan fingerprint density at radius 1 is 0.667 bits per heavy atom. The number of nitrogens with zero attached hydrogens (tertiary/aromatic N) is 2. The Morgan fingerprint density at radius 3 is 1.31 bits per heavy atom. The number of ether oxygens (including phenoxy) is 2. The number of para-hydroxylation sites is 2. The van der Waals surface area contributed by atoms with Gasteiger partial charge in [-0.25, -0.2) is 0 Å². The molecule has 2 amide bonds. The van der Waals surface area contributed by atoms with Gasteiger partial charge in [-0.3, -0.25) is 29.8 Å². The number of rotatable bonds is 10. The van der Waals surface area contributed by atoms with E-state index in [9.17, 15) is 29.8 Å². The van der Waals surface area contributed by atoms with Gasteiger partial charge in [0.1, 0.15) is 11.5 Å². The largest absolute Gasteiger partial charge is 0.481 e. The second-order valence-electron chi connectivity index (χ2n) is 7.55.